The Labute approximate surface area is 173 Å². The van der Waals surface area contributed by atoms with E-state index in [0.717, 1.165) is 42.9 Å². The molecular formula is C21H14FN7S. The second-order valence-electron chi connectivity index (χ2n) is 7.16. The van der Waals surface area contributed by atoms with Crippen LogP contribution in [0.2, 0.25) is 0 Å². The average molecular weight is 415 g/mol. The van der Waals surface area contributed by atoms with Crippen molar-refractivity contribution >= 4 is 37.4 Å². The van der Waals surface area contributed by atoms with E-state index in [9.17, 15) is 4.39 Å². The van der Waals surface area contributed by atoms with Crippen LogP contribution >= 0.6 is 11.3 Å². The molecular weight excluding hydrogens is 401 g/mol. The Kier molecular flexibility index (Phi) is 3.51. The standard InChI is InChI=1S/C21H14FN7S/c1-10-7-11(2)24-21-16(10)17-18(30-21)20-25-19(28-29(20)9-23-17)15-8-14(26-27-15)12-3-5-13(22)6-4-12/h3-9H,1-2H3,(H,26,27). The number of benzene rings is 1. The molecule has 0 aliphatic heterocycles. The van der Waals surface area contributed by atoms with Crippen LogP contribution in [-0.4, -0.2) is 34.8 Å². The van der Waals surface area contributed by atoms with E-state index in [1.165, 1.54) is 12.1 Å². The Bertz CT molecular complexity index is 1580. The Morgan fingerprint density at radius 2 is 1.90 bits per heavy atom. The van der Waals surface area contributed by atoms with Gasteiger partial charge in [-0.3, -0.25) is 5.10 Å². The van der Waals surface area contributed by atoms with Crippen LogP contribution in [0.5, 0.6) is 0 Å². The molecule has 5 aromatic heterocycles. The molecule has 6 aromatic rings. The molecule has 30 heavy (non-hydrogen) atoms. The normalized spacial score (nSPS) is 11.8. The lowest BCUT2D eigenvalue weighted by Crippen LogP contribution is -1.90. The first kappa shape index (κ1) is 17.2. The summed E-state index contributed by atoms with van der Waals surface area (Å²) in [6.45, 7) is 4.07. The minimum atomic E-state index is -0.281. The smallest absolute Gasteiger partial charge is 0.200 e. The molecule has 6 rings (SSSR count). The second kappa shape index (κ2) is 6.14. The van der Waals surface area contributed by atoms with Crippen molar-refractivity contribution in [3.63, 3.8) is 0 Å². The van der Waals surface area contributed by atoms with Crippen LogP contribution in [0.25, 0.3) is 48.9 Å². The van der Waals surface area contributed by atoms with E-state index in [4.69, 9.17) is 4.98 Å². The third-order valence-corrected chi connectivity index (χ3v) is 6.12. The van der Waals surface area contributed by atoms with Crippen molar-refractivity contribution < 1.29 is 4.39 Å². The highest BCUT2D eigenvalue weighted by Crippen LogP contribution is 2.36. The molecule has 7 nitrogen and oxygen atoms in total. The van der Waals surface area contributed by atoms with Gasteiger partial charge in [0.2, 0.25) is 0 Å². The Morgan fingerprint density at radius 3 is 2.73 bits per heavy atom. The topological polar surface area (TPSA) is 84.6 Å². The highest BCUT2D eigenvalue weighted by molar-refractivity contribution is 7.26. The van der Waals surface area contributed by atoms with Crippen molar-refractivity contribution in [2.45, 2.75) is 13.8 Å². The first-order valence-electron chi connectivity index (χ1n) is 9.30. The van der Waals surface area contributed by atoms with E-state index in [-0.39, 0.29) is 5.82 Å². The molecule has 0 fully saturated rings. The summed E-state index contributed by atoms with van der Waals surface area (Å²) in [6.07, 6.45) is 1.68. The minimum Gasteiger partial charge on any atom is -0.274 e. The molecule has 0 aliphatic rings. The molecule has 0 bridgehead atoms. The number of aromatic amines is 1. The van der Waals surface area contributed by atoms with E-state index < -0.39 is 0 Å². The highest BCUT2D eigenvalue weighted by Gasteiger charge is 2.18. The van der Waals surface area contributed by atoms with Crippen molar-refractivity contribution in [3.05, 3.63) is 59.8 Å². The lowest BCUT2D eigenvalue weighted by molar-refractivity contribution is 0.628. The summed E-state index contributed by atoms with van der Waals surface area (Å²) in [4.78, 5) is 15.0. The van der Waals surface area contributed by atoms with Crippen molar-refractivity contribution in [1.82, 2.24) is 34.8 Å². The van der Waals surface area contributed by atoms with Crippen LogP contribution in [0.1, 0.15) is 11.3 Å². The van der Waals surface area contributed by atoms with Gasteiger partial charge >= 0.3 is 0 Å². The molecule has 9 heteroatoms. The average Bonchev–Trinajstić information content (AvgIpc) is 3.43. The highest BCUT2D eigenvalue weighted by atomic mass is 32.1. The van der Waals surface area contributed by atoms with Crippen LogP contribution < -0.4 is 0 Å². The van der Waals surface area contributed by atoms with Gasteiger partial charge in [-0.15, -0.1) is 16.4 Å². The Balaban J connectivity index is 1.51. The van der Waals surface area contributed by atoms with Gasteiger partial charge in [0.05, 0.1) is 11.2 Å². The number of nitrogens with one attached hydrogen (secondary N) is 1. The second-order valence-corrected chi connectivity index (χ2v) is 8.16. The van der Waals surface area contributed by atoms with Gasteiger partial charge in [-0.25, -0.2) is 23.9 Å². The predicted octanol–water partition coefficient (Wildman–Crippen LogP) is 4.70. The maximum atomic E-state index is 13.2. The summed E-state index contributed by atoms with van der Waals surface area (Å²) in [7, 11) is 0. The molecule has 5 heterocycles. The number of thiophene rings is 1. The number of rotatable bonds is 2. The maximum Gasteiger partial charge on any atom is 0.200 e. The zero-order chi connectivity index (χ0) is 20.4. The van der Waals surface area contributed by atoms with Crippen LogP contribution in [0.15, 0.2) is 42.7 Å². The third-order valence-electron chi connectivity index (χ3n) is 5.05. The molecule has 1 aromatic carbocycles. The van der Waals surface area contributed by atoms with Gasteiger partial charge in [-0.05, 0) is 55.8 Å². The number of hydrogen-bond donors (Lipinski definition) is 1. The number of hydrogen-bond acceptors (Lipinski definition) is 6. The van der Waals surface area contributed by atoms with Crippen molar-refractivity contribution in [3.8, 4) is 22.8 Å². The van der Waals surface area contributed by atoms with Gasteiger partial charge in [-0.2, -0.15) is 5.10 Å². The molecule has 1 N–H and O–H groups in total. The number of nitrogens with zero attached hydrogens (tertiary/aromatic N) is 6. The van der Waals surface area contributed by atoms with Gasteiger partial charge < -0.3 is 0 Å². The molecule has 0 aliphatic carbocycles. The number of aryl methyl sites for hydroxylation is 2. The number of H-pyrrole nitrogens is 1. The SMILES string of the molecule is Cc1cc(C)c2c(n1)sc1c2ncn2nc(-c3cc(-c4ccc(F)cc4)n[nH]3)nc12. The van der Waals surface area contributed by atoms with Crippen LogP contribution in [0.4, 0.5) is 4.39 Å². The van der Waals surface area contributed by atoms with E-state index in [1.54, 1.807) is 34.3 Å². The number of pyridine rings is 1. The van der Waals surface area contributed by atoms with E-state index in [1.807, 2.05) is 13.0 Å². The van der Waals surface area contributed by atoms with Crippen LogP contribution in [0, 0.1) is 19.7 Å². The molecule has 146 valence electrons. The van der Waals surface area contributed by atoms with Crippen molar-refractivity contribution in [1.29, 1.82) is 0 Å². The molecule has 0 unspecified atom stereocenters. The minimum absolute atomic E-state index is 0.281. The monoisotopic (exact) mass is 415 g/mol. The third kappa shape index (κ3) is 2.52. The Morgan fingerprint density at radius 1 is 1.07 bits per heavy atom. The summed E-state index contributed by atoms with van der Waals surface area (Å²) in [5, 5.41) is 12.9. The zero-order valence-electron chi connectivity index (χ0n) is 16.0. The molecule has 0 atom stereocenters. The van der Waals surface area contributed by atoms with Gasteiger partial charge in [-0.1, -0.05) is 0 Å². The molecule has 0 amide bonds. The quantitative estimate of drug-likeness (QED) is 0.443. The van der Waals surface area contributed by atoms with E-state index in [0.29, 0.717) is 17.2 Å². The van der Waals surface area contributed by atoms with Gasteiger partial charge in [0.15, 0.2) is 11.5 Å². The summed E-state index contributed by atoms with van der Waals surface area (Å²) >= 11 is 1.57. The number of aromatic nitrogens is 7. The van der Waals surface area contributed by atoms with Gasteiger partial charge in [0, 0.05) is 16.6 Å². The molecule has 0 spiro atoms. The van der Waals surface area contributed by atoms with Gasteiger partial charge in [0.1, 0.15) is 27.4 Å². The first-order valence-corrected chi connectivity index (χ1v) is 10.1. The fourth-order valence-electron chi connectivity index (χ4n) is 3.69. The summed E-state index contributed by atoms with van der Waals surface area (Å²) in [5.74, 6) is 0.236. The lowest BCUT2D eigenvalue weighted by atomic mass is 10.1. The molecule has 0 saturated carbocycles. The summed E-state index contributed by atoms with van der Waals surface area (Å²) in [6, 6.07) is 10.1. The summed E-state index contributed by atoms with van der Waals surface area (Å²) in [5.41, 5.74) is 5.94. The predicted molar refractivity (Wildman–Crippen MR) is 114 cm³/mol. The van der Waals surface area contributed by atoms with Crippen LogP contribution in [0.3, 0.4) is 0 Å². The van der Waals surface area contributed by atoms with Crippen molar-refractivity contribution in [2.24, 2.45) is 0 Å². The fourth-order valence-corrected chi connectivity index (χ4v) is 4.91. The lowest BCUT2D eigenvalue weighted by Gasteiger charge is -1.98. The maximum absolute atomic E-state index is 13.2. The first-order chi connectivity index (χ1) is 14.6. The van der Waals surface area contributed by atoms with Crippen molar-refractivity contribution in [2.75, 3.05) is 0 Å². The number of halogens is 1. The fraction of sp³-hybridized carbons (Fsp3) is 0.0952. The van der Waals surface area contributed by atoms with Gasteiger partial charge in [0.25, 0.3) is 0 Å². The number of fused-ring (bicyclic) bond motifs is 5. The van der Waals surface area contributed by atoms with E-state index in [2.05, 4.69) is 38.3 Å². The van der Waals surface area contributed by atoms with Crippen LogP contribution in [-0.2, 0) is 0 Å². The molecule has 0 radical (unpaired) electrons. The zero-order valence-corrected chi connectivity index (χ0v) is 16.8. The largest absolute Gasteiger partial charge is 0.274 e. The van der Waals surface area contributed by atoms with E-state index >= 15 is 0 Å². The Hall–Kier alpha value is -3.72. The summed E-state index contributed by atoms with van der Waals surface area (Å²) < 4.78 is 15.8. The molecule has 0 saturated heterocycles.